The molecule has 0 aromatic heterocycles. The molecule has 0 aliphatic carbocycles. The third-order valence-corrected chi connectivity index (χ3v) is 15.5. The molecule has 0 atom stereocenters. The van der Waals surface area contributed by atoms with Crippen LogP contribution in [0.15, 0.2) is 58.5 Å². The molecule has 0 N–H and O–H groups in total. The fourth-order valence-electron chi connectivity index (χ4n) is 10.5. The zero-order chi connectivity index (χ0) is 52.6. The summed E-state index contributed by atoms with van der Waals surface area (Å²) in [5.74, 6) is 13.9. The molecular formula is C72H120N2. The average Bonchev–Trinajstić information content (AvgIpc) is 3.42. The highest BCUT2D eigenvalue weighted by Gasteiger charge is 2.05. The Morgan fingerprint density at radius 2 is 0.581 bits per heavy atom. The predicted octanol–water partition coefficient (Wildman–Crippen LogP) is 24.4. The molecule has 2 aromatic carbocycles. The van der Waals surface area contributed by atoms with E-state index in [1.807, 2.05) is 6.21 Å². The van der Waals surface area contributed by atoms with Crippen LogP contribution in [0.1, 0.15) is 347 Å². The summed E-state index contributed by atoms with van der Waals surface area (Å²) in [6.07, 6.45) is 70.8. The Hall–Kier alpha value is -3.10. The molecule has 2 heteroatoms. The fraction of sp³-hybridized carbons (Fsp3) is 0.750. The van der Waals surface area contributed by atoms with Crippen LogP contribution in [0.2, 0.25) is 0 Å². The van der Waals surface area contributed by atoms with Gasteiger partial charge in [-0.25, -0.2) is 0 Å². The number of rotatable bonds is 52. The van der Waals surface area contributed by atoms with Crippen molar-refractivity contribution in [2.24, 2.45) is 9.98 Å². The Bertz CT molecular complexity index is 1690. The maximum atomic E-state index is 5.22. The average molecular weight is 1010 g/mol. The lowest BCUT2D eigenvalue weighted by atomic mass is 10.0. The van der Waals surface area contributed by atoms with Crippen LogP contribution in [0.3, 0.4) is 0 Å². The SMILES string of the molecule is CCCCCCCCCCCCCCCCCCCCCCCC#CCCc1ccccc1N=CC(CCCC)=Nc1ccccc1CCC#CCCCCCCCCCCCCCCCCCCCCCCC. The quantitative estimate of drug-likeness (QED) is 0.0358. The number of para-hydroxylation sites is 2. The van der Waals surface area contributed by atoms with Crippen LogP contribution in [0.25, 0.3) is 0 Å². The molecule has 0 radical (unpaired) electrons. The molecule has 2 aromatic rings. The predicted molar refractivity (Wildman–Crippen MR) is 334 cm³/mol. The van der Waals surface area contributed by atoms with Crippen molar-refractivity contribution in [2.75, 3.05) is 0 Å². The van der Waals surface area contributed by atoms with Crippen LogP contribution in [0.4, 0.5) is 11.4 Å². The maximum absolute atomic E-state index is 5.22. The van der Waals surface area contributed by atoms with Gasteiger partial charge in [0.1, 0.15) is 0 Å². The van der Waals surface area contributed by atoms with E-state index < -0.39 is 0 Å². The number of aliphatic imine (C=N–C) groups is 2. The first-order chi connectivity index (χ1) is 36.8. The second kappa shape index (κ2) is 54.7. The molecule has 0 bridgehead atoms. The summed E-state index contributed by atoms with van der Waals surface area (Å²) in [6.45, 7) is 6.87. The van der Waals surface area contributed by atoms with Crippen LogP contribution in [0, 0.1) is 23.7 Å². The molecule has 0 saturated heterocycles. The van der Waals surface area contributed by atoms with Crippen LogP contribution in [-0.4, -0.2) is 11.9 Å². The zero-order valence-corrected chi connectivity index (χ0v) is 49.7. The largest absolute Gasteiger partial charge is 0.255 e. The van der Waals surface area contributed by atoms with Gasteiger partial charge in [0.2, 0.25) is 0 Å². The van der Waals surface area contributed by atoms with Gasteiger partial charge in [-0.2, -0.15) is 0 Å². The highest BCUT2D eigenvalue weighted by atomic mass is 14.8. The minimum absolute atomic E-state index is 0.887. The van der Waals surface area contributed by atoms with Gasteiger partial charge >= 0.3 is 0 Å². The number of nitrogens with zero attached hydrogens (tertiary/aromatic N) is 2. The third kappa shape index (κ3) is 43.0. The third-order valence-electron chi connectivity index (χ3n) is 15.5. The lowest BCUT2D eigenvalue weighted by molar-refractivity contribution is 0.520. The van der Waals surface area contributed by atoms with E-state index in [1.54, 1.807) is 0 Å². The topological polar surface area (TPSA) is 24.7 Å². The lowest BCUT2D eigenvalue weighted by Crippen LogP contribution is -2.00. The number of benzene rings is 2. The standard InChI is InChI=1S/C72H120N2/c1-4-7-10-12-14-16-18-20-22-24-26-28-30-32-34-36-38-40-42-44-46-48-50-52-54-60-68-62-56-58-65-71(68)73-67-70(64-9-6-3)74-72-66-59-57-63-69(72)61-55-53-51-49-47-45-43-41-39-37-35-33-31-29-27-25-23-21-19-17-15-13-11-8-5-2/h56-59,62-63,65-67H,4-49,54-55,60-61,64H2,1-3H3. The summed E-state index contributed by atoms with van der Waals surface area (Å²) in [7, 11) is 0. The summed E-state index contributed by atoms with van der Waals surface area (Å²) in [4.78, 5) is 10.3. The van der Waals surface area contributed by atoms with Gasteiger partial charge in [0, 0.05) is 31.9 Å². The minimum Gasteiger partial charge on any atom is -0.255 e. The van der Waals surface area contributed by atoms with Crippen molar-refractivity contribution in [2.45, 2.75) is 348 Å². The van der Waals surface area contributed by atoms with E-state index in [0.29, 0.717) is 0 Å². The molecule has 0 spiro atoms. The number of hydrogen-bond acceptors (Lipinski definition) is 2. The van der Waals surface area contributed by atoms with E-state index in [-0.39, 0.29) is 0 Å². The number of hydrogen-bond donors (Lipinski definition) is 0. The minimum atomic E-state index is 0.887. The summed E-state index contributed by atoms with van der Waals surface area (Å²) in [5, 5.41) is 0. The highest BCUT2D eigenvalue weighted by Crippen LogP contribution is 2.24. The summed E-state index contributed by atoms with van der Waals surface area (Å²) in [5.41, 5.74) is 5.71. The van der Waals surface area contributed by atoms with E-state index in [2.05, 4.69) is 93.0 Å². The monoisotopic (exact) mass is 1010 g/mol. The number of unbranched alkanes of at least 4 members (excludes halogenated alkanes) is 43. The molecule has 0 heterocycles. The smallest absolute Gasteiger partial charge is 0.0665 e. The van der Waals surface area contributed by atoms with E-state index >= 15 is 0 Å². The van der Waals surface area contributed by atoms with Gasteiger partial charge in [0.15, 0.2) is 0 Å². The molecule has 74 heavy (non-hydrogen) atoms. The molecule has 0 unspecified atom stereocenters. The molecule has 2 rings (SSSR count). The van der Waals surface area contributed by atoms with Gasteiger partial charge < -0.3 is 0 Å². The van der Waals surface area contributed by atoms with Crippen molar-refractivity contribution in [1.82, 2.24) is 0 Å². The molecule has 0 aliphatic heterocycles. The van der Waals surface area contributed by atoms with Gasteiger partial charge in [-0.1, -0.05) is 320 Å². The zero-order valence-electron chi connectivity index (χ0n) is 49.7. The van der Waals surface area contributed by atoms with Crippen LogP contribution in [0.5, 0.6) is 0 Å². The summed E-state index contributed by atoms with van der Waals surface area (Å²) >= 11 is 0. The first-order valence-corrected chi connectivity index (χ1v) is 33.0. The van der Waals surface area contributed by atoms with Crippen LogP contribution >= 0.6 is 0 Å². The van der Waals surface area contributed by atoms with E-state index in [0.717, 1.165) is 74.9 Å². The lowest BCUT2D eigenvalue weighted by Gasteiger charge is -2.07. The Labute approximate surface area is 462 Å². The maximum Gasteiger partial charge on any atom is 0.0665 e. The molecule has 2 nitrogen and oxygen atoms in total. The van der Waals surface area contributed by atoms with Gasteiger partial charge in [0.05, 0.1) is 17.1 Å². The second-order valence-electron chi connectivity index (χ2n) is 22.6. The summed E-state index contributed by atoms with van der Waals surface area (Å²) < 4.78 is 0. The molecule has 418 valence electrons. The highest BCUT2D eigenvalue weighted by molar-refractivity contribution is 6.31. The Morgan fingerprint density at radius 1 is 0.311 bits per heavy atom. The Morgan fingerprint density at radius 3 is 0.919 bits per heavy atom. The van der Waals surface area contributed by atoms with Crippen molar-refractivity contribution in [3.8, 4) is 23.7 Å². The van der Waals surface area contributed by atoms with E-state index in [9.17, 15) is 0 Å². The normalized spacial score (nSPS) is 11.6. The fourth-order valence-corrected chi connectivity index (χ4v) is 10.5. The van der Waals surface area contributed by atoms with Crippen molar-refractivity contribution >= 4 is 23.3 Å². The van der Waals surface area contributed by atoms with Crippen LogP contribution < -0.4 is 0 Å². The van der Waals surface area contributed by atoms with Crippen molar-refractivity contribution in [1.29, 1.82) is 0 Å². The van der Waals surface area contributed by atoms with Gasteiger partial charge in [-0.3, -0.25) is 9.98 Å². The van der Waals surface area contributed by atoms with Crippen molar-refractivity contribution in [3.05, 3.63) is 59.7 Å². The first kappa shape index (κ1) is 67.0. The number of aryl methyl sites for hydroxylation is 2. The summed E-state index contributed by atoms with van der Waals surface area (Å²) in [6, 6.07) is 17.2. The van der Waals surface area contributed by atoms with Crippen LogP contribution in [-0.2, 0) is 12.8 Å². The first-order valence-electron chi connectivity index (χ1n) is 33.0. The Balaban J connectivity index is 1.55. The molecule has 0 saturated carbocycles. The molecule has 0 aliphatic rings. The van der Waals surface area contributed by atoms with Crippen molar-refractivity contribution in [3.63, 3.8) is 0 Å². The van der Waals surface area contributed by atoms with Gasteiger partial charge in [-0.05, 0) is 61.8 Å². The van der Waals surface area contributed by atoms with E-state index in [4.69, 9.17) is 9.98 Å². The molecule has 0 amide bonds. The Kier molecular flexibility index (Phi) is 49.5. The van der Waals surface area contributed by atoms with Crippen molar-refractivity contribution < 1.29 is 0 Å². The molecule has 0 fully saturated rings. The molecular weight excluding hydrogens is 893 g/mol. The second-order valence-corrected chi connectivity index (χ2v) is 22.6. The van der Waals surface area contributed by atoms with Gasteiger partial charge in [0.25, 0.3) is 0 Å². The van der Waals surface area contributed by atoms with E-state index in [1.165, 1.54) is 281 Å². The van der Waals surface area contributed by atoms with Gasteiger partial charge in [-0.15, -0.1) is 23.7 Å².